The van der Waals surface area contributed by atoms with Crippen molar-refractivity contribution in [1.82, 2.24) is 4.57 Å². The van der Waals surface area contributed by atoms with E-state index in [0.29, 0.717) is 0 Å². The maximum atomic E-state index is 2.46. The third-order valence-electron chi connectivity index (χ3n) is 10.9. The number of rotatable bonds is 2. The summed E-state index contributed by atoms with van der Waals surface area (Å²) in [6.07, 6.45) is 0. The summed E-state index contributed by atoms with van der Waals surface area (Å²) in [7, 11) is 0. The van der Waals surface area contributed by atoms with Crippen molar-refractivity contribution in [3.63, 3.8) is 0 Å². The van der Waals surface area contributed by atoms with Gasteiger partial charge in [0.2, 0.25) is 0 Å². The first-order valence-corrected chi connectivity index (χ1v) is 17.3. The SMILES string of the molecule is CC1(C)c2ccccc2-c2ccc(-n3c4ccccc4c4cc(-c5ccc6sc7c(c6c5)-c5cccc6cccc-7c56)ccc43)cc21. The fourth-order valence-electron chi connectivity index (χ4n) is 8.73. The highest BCUT2D eigenvalue weighted by molar-refractivity contribution is 7.23. The van der Waals surface area contributed by atoms with E-state index < -0.39 is 0 Å². The maximum Gasteiger partial charge on any atom is 0.0541 e. The van der Waals surface area contributed by atoms with Crippen LogP contribution in [0.15, 0.2) is 140 Å². The number of benzene rings is 7. The zero-order valence-corrected chi connectivity index (χ0v) is 27.0. The van der Waals surface area contributed by atoms with Crippen molar-refractivity contribution in [3.05, 3.63) is 151 Å². The molecule has 47 heavy (non-hydrogen) atoms. The lowest BCUT2D eigenvalue weighted by Gasteiger charge is -2.22. The van der Waals surface area contributed by atoms with Crippen LogP contribution in [0, 0.1) is 0 Å². The molecular formula is C45H29NS. The molecule has 2 aliphatic carbocycles. The van der Waals surface area contributed by atoms with Gasteiger partial charge in [-0.3, -0.25) is 0 Å². The molecular weight excluding hydrogens is 587 g/mol. The van der Waals surface area contributed by atoms with Crippen LogP contribution in [0.25, 0.3) is 92.2 Å². The largest absolute Gasteiger partial charge is 0.309 e. The van der Waals surface area contributed by atoms with E-state index in [4.69, 9.17) is 0 Å². The molecule has 11 rings (SSSR count). The number of fused-ring (bicyclic) bond motifs is 11. The van der Waals surface area contributed by atoms with Crippen molar-refractivity contribution >= 4 is 54.0 Å². The fraction of sp³-hybridized carbons (Fsp3) is 0.0667. The number of aromatic nitrogens is 1. The van der Waals surface area contributed by atoms with E-state index in [1.807, 2.05) is 11.3 Å². The molecule has 0 atom stereocenters. The topological polar surface area (TPSA) is 4.93 Å². The van der Waals surface area contributed by atoms with Crippen LogP contribution in [-0.4, -0.2) is 4.57 Å². The molecule has 9 aromatic rings. The Balaban J connectivity index is 1.09. The molecule has 0 spiro atoms. The Kier molecular flexibility index (Phi) is 4.86. The first-order valence-electron chi connectivity index (χ1n) is 16.4. The second-order valence-corrected chi connectivity index (χ2v) is 14.8. The highest BCUT2D eigenvalue weighted by Gasteiger charge is 2.35. The lowest BCUT2D eigenvalue weighted by atomic mass is 9.82. The minimum Gasteiger partial charge on any atom is -0.309 e. The van der Waals surface area contributed by atoms with Crippen LogP contribution in [0.3, 0.4) is 0 Å². The van der Waals surface area contributed by atoms with Gasteiger partial charge in [0.15, 0.2) is 0 Å². The van der Waals surface area contributed by atoms with Crippen molar-refractivity contribution in [2.45, 2.75) is 19.3 Å². The van der Waals surface area contributed by atoms with Crippen LogP contribution in [0.4, 0.5) is 0 Å². The van der Waals surface area contributed by atoms with Gasteiger partial charge in [-0.1, -0.05) is 111 Å². The monoisotopic (exact) mass is 615 g/mol. The molecule has 0 fully saturated rings. The number of para-hydroxylation sites is 1. The summed E-state index contributed by atoms with van der Waals surface area (Å²) in [4.78, 5) is 1.41. The third kappa shape index (κ3) is 3.28. The van der Waals surface area contributed by atoms with E-state index in [1.54, 1.807) is 0 Å². The predicted octanol–water partition coefficient (Wildman–Crippen LogP) is 12.8. The molecule has 7 aromatic carbocycles. The molecule has 0 radical (unpaired) electrons. The molecule has 220 valence electrons. The number of nitrogens with zero attached hydrogens (tertiary/aromatic N) is 1. The van der Waals surface area contributed by atoms with E-state index in [-0.39, 0.29) is 5.41 Å². The number of thiophene rings is 1. The molecule has 0 N–H and O–H groups in total. The van der Waals surface area contributed by atoms with Gasteiger partial charge in [-0.15, -0.1) is 11.3 Å². The first-order chi connectivity index (χ1) is 23.1. The smallest absolute Gasteiger partial charge is 0.0541 e. The van der Waals surface area contributed by atoms with E-state index in [9.17, 15) is 0 Å². The molecule has 2 heteroatoms. The molecule has 2 aliphatic rings. The van der Waals surface area contributed by atoms with Gasteiger partial charge in [-0.2, -0.15) is 0 Å². The van der Waals surface area contributed by atoms with E-state index in [1.165, 1.54) is 103 Å². The van der Waals surface area contributed by atoms with Gasteiger partial charge >= 0.3 is 0 Å². The first kappa shape index (κ1) is 25.7. The molecule has 2 aromatic heterocycles. The van der Waals surface area contributed by atoms with Crippen molar-refractivity contribution in [2.24, 2.45) is 0 Å². The van der Waals surface area contributed by atoms with Gasteiger partial charge in [0.1, 0.15) is 0 Å². The van der Waals surface area contributed by atoms with Crippen LogP contribution in [-0.2, 0) is 5.41 Å². The zero-order valence-electron chi connectivity index (χ0n) is 26.1. The minimum atomic E-state index is -0.0404. The van der Waals surface area contributed by atoms with Gasteiger partial charge in [-0.25, -0.2) is 0 Å². The zero-order chi connectivity index (χ0) is 31.0. The summed E-state index contributed by atoms with van der Waals surface area (Å²) in [6.45, 7) is 4.72. The minimum absolute atomic E-state index is 0.0404. The van der Waals surface area contributed by atoms with Gasteiger partial charge < -0.3 is 4.57 Å². The summed E-state index contributed by atoms with van der Waals surface area (Å²) in [5.74, 6) is 0. The second-order valence-electron chi connectivity index (χ2n) is 13.7. The summed E-state index contributed by atoms with van der Waals surface area (Å²) in [6, 6.07) is 52.4. The maximum absolute atomic E-state index is 2.46. The molecule has 0 bridgehead atoms. The second kappa shape index (κ2) is 8.88. The summed E-state index contributed by atoms with van der Waals surface area (Å²) in [5, 5.41) is 6.65. The van der Waals surface area contributed by atoms with Gasteiger partial charge in [0.25, 0.3) is 0 Å². The lowest BCUT2D eigenvalue weighted by Crippen LogP contribution is -2.15. The third-order valence-corrected chi connectivity index (χ3v) is 12.1. The Morgan fingerprint density at radius 1 is 0.511 bits per heavy atom. The molecule has 0 saturated heterocycles. The fourth-order valence-corrected chi connectivity index (χ4v) is 9.96. The van der Waals surface area contributed by atoms with Crippen LogP contribution in [0.2, 0.25) is 0 Å². The van der Waals surface area contributed by atoms with Crippen LogP contribution in [0.5, 0.6) is 0 Å². The highest BCUT2D eigenvalue weighted by Crippen LogP contribution is 2.55. The Labute approximate surface area is 277 Å². The van der Waals surface area contributed by atoms with Gasteiger partial charge in [-0.05, 0) is 92.2 Å². The van der Waals surface area contributed by atoms with E-state index >= 15 is 0 Å². The Hall–Kier alpha value is -5.44. The number of hydrogen-bond acceptors (Lipinski definition) is 1. The van der Waals surface area contributed by atoms with Crippen LogP contribution >= 0.6 is 11.3 Å². The average molecular weight is 616 g/mol. The highest BCUT2D eigenvalue weighted by atomic mass is 32.1. The van der Waals surface area contributed by atoms with Gasteiger partial charge in [0.05, 0.1) is 11.0 Å². The quantitative estimate of drug-likeness (QED) is 0.182. The Morgan fingerprint density at radius 2 is 1.21 bits per heavy atom. The van der Waals surface area contributed by atoms with E-state index in [0.717, 1.165) is 0 Å². The van der Waals surface area contributed by atoms with Crippen LogP contribution in [0.1, 0.15) is 25.0 Å². The van der Waals surface area contributed by atoms with Crippen molar-refractivity contribution in [3.8, 4) is 49.5 Å². The Morgan fingerprint density at radius 3 is 2.11 bits per heavy atom. The molecule has 0 unspecified atom stereocenters. The molecule has 1 nitrogen and oxygen atoms in total. The standard InChI is InChI=1S/C45H29NS/c1-45(2)37-15-5-3-11-30(37)31-20-19-29(25-38(31)45)46-39-16-6-4-12-32(39)35-23-27(17-21-40(35)46)28-18-22-41-36(24-28)43-33-13-7-9-26-10-8-14-34(42(26)33)44(43)47-41/h3-25H,1-2H3. The summed E-state index contributed by atoms with van der Waals surface area (Å²) in [5.41, 5.74) is 15.8. The predicted molar refractivity (Wildman–Crippen MR) is 201 cm³/mol. The Bertz CT molecular complexity index is 2820. The molecule has 0 amide bonds. The van der Waals surface area contributed by atoms with Crippen molar-refractivity contribution in [2.75, 3.05) is 0 Å². The van der Waals surface area contributed by atoms with Crippen LogP contribution < -0.4 is 0 Å². The molecule has 2 heterocycles. The summed E-state index contributed by atoms with van der Waals surface area (Å²) >= 11 is 1.93. The lowest BCUT2D eigenvalue weighted by molar-refractivity contribution is 0.660. The normalized spacial score (nSPS) is 13.9. The molecule has 0 aliphatic heterocycles. The molecule has 0 saturated carbocycles. The number of hydrogen-bond donors (Lipinski definition) is 0. The average Bonchev–Trinajstić information content (AvgIpc) is 3.81. The summed E-state index contributed by atoms with van der Waals surface area (Å²) < 4.78 is 3.81. The van der Waals surface area contributed by atoms with E-state index in [2.05, 4.69) is 158 Å². The van der Waals surface area contributed by atoms with Crippen molar-refractivity contribution in [1.29, 1.82) is 0 Å². The van der Waals surface area contributed by atoms with Gasteiger partial charge in [0, 0.05) is 48.0 Å². The van der Waals surface area contributed by atoms with Crippen molar-refractivity contribution < 1.29 is 0 Å².